The van der Waals surface area contributed by atoms with E-state index in [1.807, 2.05) is 52.9 Å². The summed E-state index contributed by atoms with van der Waals surface area (Å²) in [7, 11) is 0. The van der Waals surface area contributed by atoms with Crippen LogP contribution in [0.4, 0.5) is 0 Å². The number of carbonyl (C=O) groups is 2. The molecule has 3 heterocycles. The quantitative estimate of drug-likeness (QED) is 0.593. The molecule has 1 aromatic carbocycles. The Hall–Kier alpha value is -3.22. The van der Waals surface area contributed by atoms with Gasteiger partial charge < -0.3 is 10.2 Å². The summed E-state index contributed by atoms with van der Waals surface area (Å²) in [5.74, 6) is 0.0987. The van der Waals surface area contributed by atoms with Gasteiger partial charge in [0.05, 0.1) is 22.8 Å². The molecule has 3 aromatic rings. The molecule has 4 rings (SSSR count). The van der Waals surface area contributed by atoms with Crippen molar-refractivity contribution in [3.63, 3.8) is 0 Å². The van der Waals surface area contributed by atoms with Gasteiger partial charge in [-0.25, -0.2) is 9.67 Å². The molecule has 1 saturated heterocycles. The lowest BCUT2D eigenvalue weighted by atomic mass is 10.1. The van der Waals surface area contributed by atoms with E-state index in [9.17, 15) is 9.59 Å². The second kappa shape index (κ2) is 9.73. The molecule has 0 unspecified atom stereocenters. The molecule has 2 aromatic heterocycles. The molecule has 7 heteroatoms. The zero-order chi connectivity index (χ0) is 21.6. The number of nitrogens with zero attached hydrogens (tertiary/aromatic N) is 4. The smallest absolute Gasteiger partial charge is 0.252 e. The largest absolute Gasteiger partial charge is 0.352 e. The van der Waals surface area contributed by atoms with Gasteiger partial charge in [-0.1, -0.05) is 36.8 Å². The number of carbonyl (C=O) groups excluding carboxylic acids is 2. The zero-order valence-electron chi connectivity index (χ0n) is 18.0. The summed E-state index contributed by atoms with van der Waals surface area (Å²) in [5.41, 5.74) is 3.00. The Morgan fingerprint density at radius 1 is 1.16 bits per heavy atom. The number of hydrogen-bond donors (Lipinski definition) is 1. The summed E-state index contributed by atoms with van der Waals surface area (Å²) in [4.78, 5) is 31.9. The van der Waals surface area contributed by atoms with Gasteiger partial charge in [0.25, 0.3) is 5.91 Å². The molecular formula is C24H29N5O2. The highest BCUT2D eigenvalue weighted by Gasteiger charge is 2.18. The Bertz CT molecular complexity index is 1060. The first-order valence-corrected chi connectivity index (χ1v) is 11.2. The summed E-state index contributed by atoms with van der Waals surface area (Å²) >= 11 is 0. The van der Waals surface area contributed by atoms with Gasteiger partial charge in [0.2, 0.25) is 5.91 Å². The lowest BCUT2D eigenvalue weighted by Gasteiger charge is -2.20. The number of benzene rings is 1. The first-order valence-electron chi connectivity index (χ1n) is 11.2. The molecule has 0 bridgehead atoms. The molecule has 0 saturated carbocycles. The van der Waals surface area contributed by atoms with Crippen molar-refractivity contribution in [2.75, 3.05) is 19.6 Å². The Kier molecular flexibility index (Phi) is 6.60. The number of hydrogen-bond acceptors (Lipinski definition) is 4. The van der Waals surface area contributed by atoms with Gasteiger partial charge in [-0.3, -0.25) is 9.59 Å². The van der Waals surface area contributed by atoms with Crippen LogP contribution in [0.2, 0.25) is 0 Å². The van der Waals surface area contributed by atoms with Crippen molar-refractivity contribution >= 4 is 22.8 Å². The van der Waals surface area contributed by atoms with Crippen LogP contribution in [-0.4, -0.2) is 51.1 Å². The standard InChI is InChI=1S/C24H29N5O2/c1-2-29-23-20(17-26-29)19(16-21(27-23)18-10-5-3-6-11-18)24(31)25-13-9-15-28-14-8-4-7-12-22(28)30/h3,5-6,10-11,16-17H,2,4,7-9,12-15H2,1H3,(H,25,31). The minimum atomic E-state index is -0.137. The van der Waals surface area contributed by atoms with E-state index >= 15 is 0 Å². The highest BCUT2D eigenvalue weighted by atomic mass is 16.2. The second-order valence-corrected chi connectivity index (χ2v) is 7.92. The molecule has 2 amide bonds. The molecule has 7 nitrogen and oxygen atoms in total. The number of amides is 2. The normalized spacial score (nSPS) is 14.6. The van der Waals surface area contributed by atoms with Crippen LogP contribution >= 0.6 is 0 Å². The maximum Gasteiger partial charge on any atom is 0.252 e. The van der Waals surface area contributed by atoms with Gasteiger partial charge >= 0.3 is 0 Å². The lowest BCUT2D eigenvalue weighted by molar-refractivity contribution is -0.130. The van der Waals surface area contributed by atoms with E-state index in [1.165, 1.54) is 0 Å². The third kappa shape index (κ3) is 4.76. The number of fused-ring (bicyclic) bond motifs is 1. The lowest BCUT2D eigenvalue weighted by Crippen LogP contribution is -2.34. The molecule has 0 spiro atoms. The molecular weight excluding hydrogens is 390 g/mol. The number of nitrogens with one attached hydrogen (secondary N) is 1. The van der Waals surface area contributed by atoms with Gasteiger partial charge in [0, 0.05) is 38.2 Å². The highest BCUT2D eigenvalue weighted by Crippen LogP contribution is 2.25. The minimum Gasteiger partial charge on any atom is -0.352 e. The molecule has 162 valence electrons. The summed E-state index contributed by atoms with van der Waals surface area (Å²) < 4.78 is 1.81. The number of aromatic nitrogens is 3. The van der Waals surface area contributed by atoms with Crippen LogP contribution in [-0.2, 0) is 11.3 Å². The fourth-order valence-electron chi connectivity index (χ4n) is 4.07. The molecule has 31 heavy (non-hydrogen) atoms. The van der Waals surface area contributed by atoms with Crippen LogP contribution in [0.5, 0.6) is 0 Å². The maximum atomic E-state index is 13.1. The van der Waals surface area contributed by atoms with E-state index in [4.69, 9.17) is 4.98 Å². The second-order valence-electron chi connectivity index (χ2n) is 7.92. The van der Waals surface area contributed by atoms with Crippen LogP contribution in [0.3, 0.4) is 0 Å². The molecule has 1 aliphatic heterocycles. The van der Waals surface area contributed by atoms with Gasteiger partial charge in [-0.05, 0) is 32.3 Å². The molecule has 0 atom stereocenters. The Balaban J connectivity index is 1.49. The van der Waals surface area contributed by atoms with Crippen LogP contribution in [0.15, 0.2) is 42.6 Å². The Morgan fingerprint density at radius 3 is 2.81 bits per heavy atom. The molecule has 0 aliphatic carbocycles. The third-order valence-electron chi connectivity index (χ3n) is 5.78. The summed E-state index contributed by atoms with van der Waals surface area (Å²) in [6.45, 7) is 4.73. The first-order chi connectivity index (χ1) is 15.2. The SMILES string of the molecule is CCn1ncc2c(C(=O)NCCCN3CCCCCC3=O)cc(-c3ccccc3)nc21. The summed E-state index contributed by atoms with van der Waals surface area (Å²) in [5, 5.41) is 8.17. The van der Waals surface area contributed by atoms with E-state index in [2.05, 4.69) is 10.4 Å². The van der Waals surface area contributed by atoms with Crippen molar-refractivity contribution in [1.29, 1.82) is 0 Å². The average molecular weight is 420 g/mol. The van der Waals surface area contributed by atoms with Crippen molar-refractivity contribution in [3.05, 3.63) is 48.2 Å². The maximum absolute atomic E-state index is 13.1. The molecule has 1 N–H and O–H groups in total. The molecule has 0 radical (unpaired) electrons. The minimum absolute atomic E-state index is 0.137. The average Bonchev–Trinajstić information content (AvgIpc) is 3.11. The van der Waals surface area contributed by atoms with Crippen molar-refractivity contribution in [1.82, 2.24) is 25.0 Å². The van der Waals surface area contributed by atoms with Crippen molar-refractivity contribution in [2.24, 2.45) is 0 Å². The van der Waals surface area contributed by atoms with Crippen LogP contribution < -0.4 is 5.32 Å². The topological polar surface area (TPSA) is 80.1 Å². The fourth-order valence-corrected chi connectivity index (χ4v) is 4.07. The van der Waals surface area contributed by atoms with Crippen molar-refractivity contribution < 1.29 is 9.59 Å². The Morgan fingerprint density at radius 2 is 2.00 bits per heavy atom. The van der Waals surface area contributed by atoms with Crippen molar-refractivity contribution in [3.8, 4) is 11.3 Å². The fraction of sp³-hybridized carbons (Fsp3) is 0.417. The predicted octanol–water partition coefficient (Wildman–Crippen LogP) is 3.64. The number of pyridine rings is 1. The first kappa shape index (κ1) is 21.0. The van der Waals surface area contributed by atoms with E-state index in [0.29, 0.717) is 37.3 Å². The molecule has 1 fully saturated rings. The predicted molar refractivity (Wildman–Crippen MR) is 121 cm³/mol. The summed E-state index contributed by atoms with van der Waals surface area (Å²) in [6.07, 6.45) is 6.27. The van der Waals surface area contributed by atoms with Crippen LogP contribution in [0.25, 0.3) is 22.3 Å². The summed E-state index contributed by atoms with van der Waals surface area (Å²) in [6, 6.07) is 11.7. The van der Waals surface area contributed by atoms with Gasteiger partial charge in [0.15, 0.2) is 5.65 Å². The monoisotopic (exact) mass is 419 g/mol. The van der Waals surface area contributed by atoms with Crippen LogP contribution in [0.1, 0.15) is 49.4 Å². The van der Waals surface area contributed by atoms with E-state index in [-0.39, 0.29) is 11.8 Å². The third-order valence-corrected chi connectivity index (χ3v) is 5.78. The van der Waals surface area contributed by atoms with E-state index < -0.39 is 0 Å². The van der Waals surface area contributed by atoms with Crippen molar-refractivity contribution in [2.45, 2.75) is 45.6 Å². The Labute approximate surface area is 182 Å². The van der Waals surface area contributed by atoms with Gasteiger partial charge in [-0.2, -0.15) is 5.10 Å². The highest BCUT2D eigenvalue weighted by molar-refractivity contribution is 6.06. The van der Waals surface area contributed by atoms with Gasteiger partial charge in [-0.15, -0.1) is 0 Å². The van der Waals surface area contributed by atoms with E-state index in [0.717, 1.165) is 48.9 Å². The molecule has 1 aliphatic rings. The number of aryl methyl sites for hydroxylation is 1. The van der Waals surface area contributed by atoms with E-state index in [1.54, 1.807) is 6.20 Å². The number of rotatable bonds is 7. The zero-order valence-corrected chi connectivity index (χ0v) is 18.0. The van der Waals surface area contributed by atoms with Gasteiger partial charge in [0.1, 0.15) is 0 Å². The van der Waals surface area contributed by atoms with Crippen LogP contribution in [0, 0.1) is 0 Å². The number of likely N-dealkylation sites (tertiary alicyclic amines) is 1.